The number of amides is 1. The molecule has 0 aliphatic heterocycles. The number of nitrogens with one attached hydrogen (secondary N) is 1. The molecule has 7 nitrogen and oxygen atoms in total. The van der Waals surface area contributed by atoms with Crippen molar-refractivity contribution in [3.8, 4) is 0 Å². The van der Waals surface area contributed by atoms with E-state index in [4.69, 9.17) is 0 Å². The summed E-state index contributed by atoms with van der Waals surface area (Å²) in [4.78, 5) is 28.0. The van der Waals surface area contributed by atoms with Gasteiger partial charge < -0.3 is 10.4 Å². The standard InChI is InChI=1S/C17H20N4O3/c1-10(14-7-8-19-21(14)2)16(22)18-9-12-5-6-13(17(23)24)15(20-12)11-3-4-11/h5-8,10-11H,3-4,9H2,1-2H3,(H,18,22)(H,23,24). The Balaban J connectivity index is 1.68. The zero-order chi connectivity index (χ0) is 17.3. The zero-order valence-electron chi connectivity index (χ0n) is 13.7. The number of carboxylic acids is 1. The van der Waals surface area contributed by atoms with Crippen molar-refractivity contribution in [1.82, 2.24) is 20.1 Å². The molecule has 3 rings (SSSR count). The quantitative estimate of drug-likeness (QED) is 0.843. The van der Waals surface area contributed by atoms with E-state index in [1.165, 1.54) is 0 Å². The van der Waals surface area contributed by atoms with Crippen LogP contribution in [0.25, 0.3) is 0 Å². The highest BCUT2D eigenvalue weighted by molar-refractivity contribution is 5.89. The van der Waals surface area contributed by atoms with Crippen molar-refractivity contribution in [2.45, 2.75) is 38.1 Å². The molecule has 1 fully saturated rings. The van der Waals surface area contributed by atoms with Crippen molar-refractivity contribution in [2.24, 2.45) is 7.05 Å². The third-order valence-corrected chi connectivity index (χ3v) is 4.32. The fraction of sp³-hybridized carbons (Fsp3) is 0.412. The van der Waals surface area contributed by atoms with Crippen molar-refractivity contribution >= 4 is 11.9 Å². The number of aryl methyl sites for hydroxylation is 1. The molecule has 2 aromatic rings. The normalized spacial score (nSPS) is 15.1. The van der Waals surface area contributed by atoms with Gasteiger partial charge >= 0.3 is 5.97 Å². The lowest BCUT2D eigenvalue weighted by molar-refractivity contribution is -0.122. The molecule has 0 aromatic carbocycles. The zero-order valence-corrected chi connectivity index (χ0v) is 13.7. The molecular weight excluding hydrogens is 308 g/mol. The van der Waals surface area contributed by atoms with Gasteiger partial charge in [-0.05, 0) is 38.0 Å². The van der Waals surface area contributed by atoms with Crippen LogP contribution in [-0.2, 0) is 18.4 Å². The minimum Gasteiger partial charge on any atom is -0.478 e. The number of aromatic carboxylic acids is 1. The second-order valence-electron chi connectivity index (χ2n) is 6.13. The number of carboxylic acid groups (broad SMARTS) is 1. The first-order valence-electron chi connectivity index (χ1n) is 7.96. The van der Waals surface area contributed by atoms with Crippen molar-refractivity contribution < 1.29 is 14.7 Å². The molecule has 126 valence electrons. The van der Waals surface area contributed by atoms with Crippen LogP contribution in [0.5, 0.6) is 0 Å². The highest BCUT2D eigenvalue weighted by Crippen LogP contribution is 2.40. The van der Waals surface area contributed by atoms with E-state index in [0.29, 0.717) is 11.4 Å². The second kappa shape index (κ2) is 6.43. The highest BCUT2D eigenvalue weighted by Gasteiger charge is 2.30. The van der Waals surface area contributed by atoms with E-state index in [0.717, 1.165) is 18.5 Å². The molecular formula is C17H20N4O3. The maximum absolute atomic E-state index is 12.3. The molecule has 0 saturated heterocycles. The number of carbonyl (C=O) groups is 2. The van der Waals surface area contributed by atoms with Gasteiger partial charge in [0.1, 0.15) is 0 Å². The summed E-state index contributed by atoms with van der Waals surface area (Å²) in [5.74, 6) is -1.15. The lowest BCUT2D eigenvalue weighted by atomic mass is 10.1. The number of hydrogen-bond acceptors (Lipinski definition) is 4. The summed E-state index contributed by atoms with van der Waals surface area (Å²) in [6.07, 6.45) is 3.61. The van der Waals surface area contributed by atoms with Gasteiger partial charge in [-0.25, -0.2) is 4.79 Å². The average molecular weight is 328 g/mol. The number of hydrogen-bond donors (Lipinski definition) is 2. The lowest BCUT2D eigenvalue weighted by Crippen LogP contribution is -2.29. The predicted octanol–water partition coefficient (Wildman–Crippen LogP) is 1.81. The van der Waals surface area contributed by atoms with Crippen molar-refractivity contribution in [3.63, 3.8) is 0 Å². The Morgan fingerprint density at radius 2 is 2.12 bits per heavy atom. The van der Waals surface area contributed by atoms with E-state index in [1.807, 2.05) is 13.0 Å². The fourth-order valence-electron chi connectivity index (χ4n) is 2.74. The molecule has 7 heteroatoms. The molecule has 1 atom stereocenters. The SMILES string of the molecule is CC(C(=O)NCc1ccc(C(=O)O)c(C2CC2)n1)c1ccnn1C. The van der Waals surface area contributed by atoms with Crippen molar-refractivity contribution in [2.75, 3.05) is 0 Å². The molecule has 2 N–H and O–H groups in total. The van der Waals surface area contributed by atoms with Crippen LogP contribution in [0.3, 0.4) is 0 Å². The Morgan fingerprint density at radius 1 is 1.38 bits per heavy atom. The van der Waals surface area contributed by atoms with Crippen molar-refractivity contribution in [1.29, 1.82) is 0 Å². The van der Waals surface area contributed by atoms with Gasteiger partial charge in [0.2, 0.25) is 5.91 Å². The van der Waals surface area contributed by atoms with Gasteiger partial charge in [-0.3, -0.25) is 14.5 Å². The Labute approximate surface area is 139 Å². The summed E-state index contributed by atoms with van der Waals surface area (Å²) in [6.45, 7) is 2.10. The number of carbonyl (C=O) groups excluding carboxylic acids is 1. The van der Waals surface area contributed by atoms with Crippen LogP contribution in [-0.4, -0.2) is 31.7 Å². The molecule has 1 amide bonds. The highest BCUT2D eigenvalue weighted by atomic mass is 16.4. The number of aromatic nitrogens is 3. The Bertz CT molecular complexity index is 780. The summed E-state index contributed by atoms with van der Waals surface area (Å²) in [6, 6.07) is 5.05. The Hall–Kier alpha value is -2.70. The summed E-state index contributed by atoms with van der Waals surface area (Å²) in [5, 5.41) is 16.2. The topological polar surface area (TPSA) is 97.1 Å². The Morgan fingerprint density at radius 3 is 2.71 bits per heavy atom. The van der Waals surface area contributed by atoms with Gasteiger partial charge in [0.25, 0.3) is 0 Å². The summed E-state index contributed by atoms with van der Waals surface area (Å²) >= 11 is 0. The minimum absolute atomic E-state index is 0.115. The van der Waals surface area contributed by atoms with E-state index in [1.54, 1.807) is 30.1 Å². The first-order chi connectivity index (χ1) is 11.5. The van der Waals surface area contributed by atoms with Crippen LogP contribution in [0.15, 0.2) is 24.4 Å². The summed E-state index contributed by atoms with van der Waals surface area (Å²) in [7, 11) is 1.80. The first-order valence-corrected chi connectivity index (χ1v) is 7.96. The maximum atomic E-state index is 12.3. The van der Waals surface area contributed by atoms with Gasteiger partial charge in [-0.2, -0.15) is 5.10 Å². The van der Waals surface area contributed by atoms with Crippen LogP contribution < -0.4 is 5.32 Å². The predicted molar refractivity (Wildman–Crippen MR) is 86.6 cm³/mol. The third-order valence-electron chi connectivity index (χ3n) is 4.32. The molecule has 0 radical (unpaired) electrons. The van der Waals surface area contributed by atoms with E-state index < -0.39 is 5.97 Å². The summed E-state index contributed by atoms with van der Waals surface area (Å²) < 4.78 is 1.68. The molecule has 1 aliphatic carbocycles. The monoisotopic (exact) mass is 328 g/mol. The maximum Gasteiger partial charge on any atom is 0.337 e. The largest absolute Gasteiger partial charge is 0.478 e. The number of rotatable bonds is 6. The minimum atomic E-state index is -0.954. The fourth-order valence-corrected chi connectivity index (χ4v) is 2.74. The molecule has 2 aromatic heterocycles. The molecule has 2 heterocycles. The second-order valence-corrected chi connectivity index (χ2v) is 6.13. The number of pyridine rings is 1. The van der Waals surface area contributed by atoms with Crippen LogP contribution >= 0.6 is 0 Å². The van der Waals surface area contributed by atoms with Gasteiger partial charge in [0.15, 0.2) is 0 Å². The third kappa shape index (κ3) is 3.29. The molecule has 1 unspecified atom stereocenters. The molecule has 24 heavy (non-hydrogen) atoms. The molecule has 1 aliphatic rings. The van der Waals surface area contributed by atoms with Crippen LogP contribution in [0.2, 0.25) is 0 Å². The molecule has 1 saturated carbocycles. The van der Waals surface area contributed by atoms with Gasteiger partial charge in [-0.1, -0.05) is 0 Å². The van der Waals surface area contributed by atoms with E-state index in [2.05, 4.69) is 15.4 Å². The van der Waals surface area contributed by atoms with Gasteiger partial charge in [0, 0.05) is 19.2 Å². The van der Waals surface area contributed by atoms with Gasteiger partial charge in [-0.15, -0.1) is 0 Å². The van der Waals surface area contributed by atoms with E-state index in [9.17, 15) is 14.7 Å². The average Bonchev–Trinajstić information content (AvgIpc) is 3.33. The van der Waals surface area contributed by atoms with E-state index >= 15 is 0 Å². The number of nitrogens with zero attached hydrogens (tertiary/aromatic N) is 3. The van der Waals surface area contributed by atoms with Crippen molar-refractivity contribution in [3.05, 3.63) is 47.0 Å². The lowest BCUT2D eigenvalue weighted by Gasteiger charge is -2.13. The Kier molecular flexibility index (Phi) is 4.33. The van der Waals surface area contributed by atoms with E-state index in [-0.39, 0.29) is 29.9 Å². The van der Waals surface area contributed by atoms with Crippen LogP contribution in [0.1, 0.15) is 59.0 Å². The molecule has 0 spiro atoms. The summed E-state index contributed by atoms with van der Waals surface area (Å²) in [5.41, 5.74) is 2.40. The smallest absolute Gasteiger partial charge is 0.337 e. The van der Waals surface area contributed by atoms with Gasteiger partial charge in [0.05, 0.1) is 35.1 Å². The first kappa shape index (κ1) is 16.2. The van der Waals surface area contributed by atoms with Crippen LogP contribution in [0.4, 0.5) is 0 Å². The van der Waals surface area contributed by atoms with Crippen LogP contribution in [0, 0.1) is 0 Å². The molecule has 0 bridgehead atoms.